The Morgan fingerprint density at radius 1 is 1.33 bits per heavy atom. The Labute approximate surface area is 56.2 Å². The van der Waals surface area contributed by atoms with E-state index in [0.717, 1.165) is 0 Å². The molecule has 52 valence electrons. The molecule has 0 spiro atoms. The summed E-state index contributed by atoms with van der Waals surface area (Å²) >= 11 is 0. The Morgan fingerprint density at radius 2 is 1.89 bits per heavy atom. The molecule has 0 heterocycles. The van der Waals surface area contributed by atoms with Gasteiger partial charge in [-0.15, -0.1) is 0 Å². The van der Waals surface area contributed by atoms with Crippen LogP contribution in [0.15, 0.2) is 24.0 Å². The Balaban J connectivity index is 3.60. The van der Waals surface area contributed by atoms with Gasteiger partial charge in [-0.3, -0.25) is 0 Å². The second-order valence-electron chi connectivity index (χ2n) is 2.30. The molecule has 4 N–H and O–H groups in total. The van der Waals surface area contributed by atoms with Gasteiger partial charge in [-0.1, -0.05) is 26.0 Å². The Kier molecular flexibility index (Phi) is 3.60. The Bertz CT molecular complexity index is 119. The SMILES string of the molecule is CC(C)/C=C/C=C(N)N. The third-order valence-corrected chi connectivity index (χ3v) is 0.785. The number of rotatable bonds is 2. The zero-order chi connectivity index (χ0) is 7.28. The van der Waals surface area contributed by atoms with E-state index in [1.807, 2.05) is 12.2 Å². The van der Waals surface area contributed by atoms with E-state index < -0.39 is 0 Å². The number of hydrogen-bond acceptors (Lipinski definition) is 2. The van der Waals surface area contributed by atoms with E-state index in [-0.39, 0.29) is 0 Å². The second kappa shape index (κ2) is 4.01. The molecular weight excluding hydrogens is 112 g/mol. The molecule has 0 radical (unpaired) electrons. The second-order valence-corrected chi connectivity index (χ2v) is 2.30. The molecule has 0 aliphatic rings. The fraction of sp³-hybridized carbons (Fsp3) is 0.429. The highest BCUT2D eigenvalue weighted by atomic mass is 14.8. The molecule has 0 bridgehead atoms. The highest BCUT2D eigenvalue weighted by Crippen LogP contribution is 1.92. The third kappa shape index (κ3) is 7.08. The first kappa shape index (κ1) is 8.08. The summed E-state index contributed by atoms with van der Waals surface area (Å²) in [6.45, 7) is 4.19. The monoisotopic (exact) mass is 126 g/mol. The van der Waals surface area contributed by atoms with Gasteiger partial charge in [-0.25, -0.2) is 0 Å². The van der Waals surface area contributed by atoms with Crippen LogP contribution in [-0.4, -0.2) is 0 Å². The van der Waals surface area contributed by atoms with Crippen molar-refractivity contribution in [2.24, 2.45) is 17.4 Å². The molecular formula is C7H14N2. The molecule has 0 atom stereocenters. The van der Waals surface area contributed by atoms with Crippen LogP contribution in [0.5, 0.6) is 0 Å². The average Bonchev–Trinajstić information content (AvgIpc) is 1.63. The van der Waals surface area contributed by atoms with Gasteiger partial charge in [-0.05, 0) is 12.0 Å². The molecule has 0 saturated heterocycles. The number of nitrogens with two attached hydrogens (primary N) is 2. The molecule has 0 aliphatic carbocycles. The third-order valence-electron chi connectivity index (χ3n) is 0.785. The van der Waals surface area contributed by atoms with Crippen LogP contribution in [0.2, 0.25) is 0 Å². The van der Waals surface area contributed by atoms with Gasteiger partial charge < -0.3 is 11.5 Å². The van der Waals surface area contributed by atoms with Crippen LogP contribution in [-0.2, 0) is 0 Å². The van der Waals surface area contributed by atoms with E-state index in [2.05, 4.69) is 13.8 Å². The largest absolute Gasteiger partial charge is 0.386 e. The van der Waals surface area contributed by atoms with E-state index in [1.165, 1.54) is 0 Å². The molecule has 0 aromatic carbocycles. The van der Waals surface area contributed by atoms with Crippen molar-refractivity contribution in [2.75, 3.05) is 0 Å². The van der Waals surface area contributed by atoms with Gasteiger partial charge in [-0.2, -0.15) is 0 Å². The van der Waals surface area contributed by atoms with Crippen molar-refractivity contribution in [3.8, 4) is 0 Å². The predicted octanol–water partition coefficient (Wildman–Crippen LogP) is 0.957. The minimum atomic E-state index is 0.354. The van der Waals surface area contributed by atoms with Crippen molar-refractivity contribution < 1.29 is 0 Å². The lowest BCUT2D eigenvalue weighted by molar-refractivity contribution is 0.831. The van der Waals surface area contributed by atoms with Crippen molar-refractivity contribution >= 4 is 0 Å². The molecule has 9 heavy (non-hydrogen) atoms. The zero-order valence-corrected chi connectivity index (χ0v) is 5.96. The molecule has 0 saturated carbocycles. The fourth-order valence-electron chi connectivity index (χ4n) is 0.389. The maximum atomic E-state index is 5.17. The predicted molar refractivity (Wildman–Crippen MR) is 40.4 cm³/mol. The fourth-order valence-corrected chi connectivity index (χ4v) is 0.389. The van der Waals surface area contributed by atoms with Crippen molar-refractivity contribution in [3.63, 3.8) is 0 Å². The van der Waals surface area contributed by atoms with Crippen LogP contribution < -0.4 is 11.5 Å². The first-order valence-corrected chi connectivity index (χ1v) is 3.02. The minimum Gasteiger partial charge on any atom is -0.386 e. The zero-order valence-electron chi connectivity index (χ0n) is 5.96. The highest BCUT2D eigenvalue weighted by Gasteiger charge is 1.79. The van der Waals surface area contributed by atoms with Crippen LogP contribution >= 0.6 is 0 Å². The normalized spacial score (nSPS) is 10.6. The van der Waals surface area contributed by atoms with Crippen molar-refractivity contribution in [1.82, 2.24) is 0 Å². The summed E-state index contributed by atoms with van der Waals surface area (Å²) in [6, 6.07) is 0. The summed E-state index contributed by atoms with van der Waals surface area (Å²) in [6.07, 6.45) is 5.57. The van der Waals surface area contributed by atoms with E-state index in [9.17, 15) is 0 Å². The highest BCUT2D eigenvalue weighted by molar-refractivity contribution is 5.07. The molecule has 0 fully saturated rings. The van der Waals surface area contributed by atoms with Gasteiger partial charge in [0.1, 0.15) is 0 Å². The summed E-state index contributed by atoms with van der Waals surface area (Å²) in [5.74, 6) is 0.910. The van der Waals surface area contributed by atoms with Gasteiger partial charge in [0, 0.05) is 0 Å². The Morgan fingerprint density at radius 3 is 2.22 bits per heavy atom. The summed E-state index contributed by atoms with van der Waals surface area (Å²) in [4.78, 5) is 0. The van der Waals surface area contributed by atoms with Crippen LogP contribution in [0.1, 0.15) is 13.8 Å². The van der Waals surface area contributed by atoms with Crippen LogP contribution in [0, 0.1) is 5.92 Å². The smallest absolute Gasteiger partial charge is 0.0933 e. The van der Waals surface area contributed by atoms with Gasteiger partial charge in [0.15, 0.2) is 0 Å². The molecule has 0 aromatic heterocycles. The maximum absolute atomic E-state index is 5.17. The van der Waals surface area contributed by atoms with E-state index in [4.69, 9.17) is 11.5 Å². The van der Waals surface area contributed by atoms with Crippen LogP contribution in [0.3, 0.4) is 0 Å². The summed E-state index contributed by atoms with van der Waals surface area (Å²) in [5, 5.41) is 0. The topological polar surface area (TPSA) is 52.0 Å². The summed E-state index contributed by atoms with van der Waals surface area (Å²) in [7, 11) is 0. The van der Waals surface area contributed by atoms with Gasteiger partial charge >= 0.3 is 0 Å². The number of allylic oxidation sites excluding steroid dienone is 3. The average molecular weight is 126 g/mol. The van der Waals surface area contributed by atoms with Crippen molar-refractivity contribution in [1.29, 1.82) is 0 Å². The van der Waals surface area contributed by atoms with E-state index in [1.54, 1.807) is 6.08 Å². The van der Waals surface area contributed by atoms with E-state index in [0.29, 0.717) is 11.7 Å². The summed E-state index contributed by atoms with van der Waals surface area (Å²) < 4.78 is 0. The first-order valence-electron chi connectivity index (χ1n) is 3.02. The quantitative estimate of drug-likeness (QED) is 0.541. The molecule has 0 aliphatic heterocycles. The molecule has 0 aromatic rings. The lowest BCUT2D eigenvalue weighted by Crippen LogP contribution is -2.06. The van der Waals surface area contributed by atoms with Crippen LogP contribution in [0.4, 0.5) is 0 Å². The molecule has 0 rings (SSSR count). The maximum Gasteiger partial charge on any atom is 0.0933 e. The van der Waals surface area contributed by atoms with Gasteiger partial charge in [0.05, 0.1) is 5.82 Å². The summed E-state index contributed by atoms with van der Waals surface area (Å²) in [5.41, 5.74) is 10.3. The Hall–Kier alpha value is -0.920. The standard InChI is InChI=1S/C7H14N2/c1-6(2)4-3-5-7(8)9/h3-6H,8-9H2,1-2H3/b4-3+. The van der Waals surface area contributed by atoms with Gasteiger partial charge in [0.2, 0.25) is 0 Å². The lowest BCUT2D eigenvalue weighted by Gasteiger charge is -1.90. The molecule has 0 unspecified atom stereocenters. The van der Waals surface area contributed by atoms with Gasteiger partial charge in [0.25, 0.3) is 0 Å². The minimum absolute atomic E-state index is 0.354. The molecule has 2 nitrogen and oxygen atoms in total. The van der Waals surface area contributed by atoms with E-state index >= 15 is 0 Å². The lowest BCUT2D eigenvalue weighted by atomic mass is 10.2. The van der Waals surface area contributed by atoms with Crippen LogP contribution in [0.25, 0.3) is 0 Å². The molecule has 0 amide bonds. The number of hydrogen-bond donors (Lipinski definition) is 2. The van der Waals surface area contributed by atoms with Crippen molar-refractivity contribution in [2.45, 2.75) is 13.8 Å². The van der Waals surface area contributed by atoms with Crippen molar-refractivity contribution in [3.05, 3.63) is 24.0 Å². The molecule has 2 heteroatoms. The first-order chi connectivity index (χ1) is 4.13.